The fourth-order valence-electron chi connectivity index (χ4n) is 2.36. The first-order valence-corrected chi connectivity index (χ1v) is 7.00. The highest BCUT2D eigenvalue weighted by atomic mass is 35.5. The zero-order chi connectivity index (χ0) is 17.4. The predicted octanol–water partition coefficient (Wildman–Crippen LogP) is 2.54. The summed E-state index contributed by atoms with van der Waals surface area (Å²) in [5, 5.41) is 10.9. The van der Waals surface area contributed by atoms with Crippen molar-refractivity contribution in [3.8, 4) is 0 Å². The second-order valence-corrected chi connectivity index (χ2v) is 5.53. The molecule has 23 heavy (non-hydrogen) atoms. The van der Waals surface area contributed by atoms with Crippen molar-refractivity contribution in [2.45, 2.75) is 25.6 Å². The third-order valence-corrected chi connectivity index (χ3v) is 3.76. The zero-order valence-corrected chi connectivity index (χ0v) is 12.7. The van der Waals surface area contributed by atoms with Gasteiger partial charge >= 0.3 is 12.3 Å². The molecule has 0 bridgehead atoms. The maximum Gasteiger partial charge on any atom is 0.433 e. The van der Waals surface area contributed by atoms with Gasteiger partial charge in [0.1, 0.15) is 10.8 Å². The third-order valence-electron chi connectivity index (χ3n) is 3.48. The molecule has 126 valence electrons. The molecule has 2 heterocycles. The van der Waals surface area contributed by atoms with Crippen LogP contribution in [0.5, 0.6) is 0 Å². The summed E-state index contributed by atoms with van der Waals surface area (Å²) in [6.07, 6.45) is -5.33. The largest absolute Gasteiger partial charge is 0.465 e. The highest BCUT2D eigenvalue weighted by Gasteiger charge is 2.35. The van der Waals surface area contributed by atoms with Gasteiger partial charge in [-0.25, -0.2) is 9.78 Å². The van der Waals surface area contributed by atoms with Crippen molar-refractivity contribution in [1.82, 2.24) is 15.2 Å². The topological polar surface area (TPSA) is 82.5 Å². The summed E-state index contributed by atoms with van der Waals surface area (Å²) in [5.41, 5.74) is -1.27. The standard InChI is InChI=1S/C13H13ClF3N3O3/c1-6-4-8(13(15,16)17)19-10(14)9(6)11(21)18-7-2-3-20(5-7)12(22)23/h4,7H,2-3,5H2,1H3,(H,18,21)(H,22,23). The fraction of sp³-hybridized carbons (Fsp3) is 0.462. The van der Waals surface area contributed by atoms with Crippen LogP contribution in [0.25, 0.3) is 0 Å². The molecule has 0 aromatic carbocycles. The molecule has 2 N–H and O–H groups in total. The van der Waals surface area contributed by atoms with Gasteiger partial charge in [0.15, 0.2) is 0 Å². The summed E-state index contributed by atoms with van der Waals surface area (Å²) in [6.45, 7) is 1.72. The Morgan fingerprint density at radius 1 is 1.48 bits per heavy atom. The van der Waals surface area contributed by atoms with E-state index in [2.05, 4.69) is 10.3 Å². The van der Waals surface area contributed by atoms with Gasteiger partial charge in [-0.1, -0.05) is 11.6 Å². The first-order valence-electron chi connectivity index (χ1n) is 6.62. The number of carbonyl (C=O) groups is 2. The van der Waals surface area contributed by atoms with E-state index in [0.29, 0.717) is 6.42 Å². The van der Waals surface area contributed by atoms with E-state index >= 15 is 0 Å². The summed E-state index contributed by atoms with van der Waals surface area (Å²) in [6, 6.07) is 0.329. The van der Waals surface area contributed by atoms with Crippen molar-refractivity contribution in [2.75, 3.05) is 13.1 Å². The minimum atomic E-state index is -4.66. The lowest BCUT2D eigenvalue weighted by Gasteiger charge is -2.16. The molecular weight excluding hydrogens is 339 g/mol. The lowest BCUT2D eigenvalue weighted by atomic mass is 10.1. The third kappa shape index (κ3) is 3.84. The monoisotopic (exact) mass is 351 g/mol. The van der Waals surface area contributed by atoms with Gasteiger partial charge in [-0.3, -0.25) is 4.79 Å². The van der Waals surface area contributed by atoms with E-state index in [-0.39, 0.29) is 24.2 Å². The molecule has 1 saturated heterocycles. The van der Waals surface area contributed by atoms with E-state index in [0.717, 1.165) is 11.0 Å². The van der Waals surface area contributed by atoms with Crippen LogP contribution in [0.15, 0.2) is 6.07 Å². The summed E-state index contributed by atoms with van der Waals surface area (Å²) in [4.78, 5) is 27.4. The number of pyridine rings is 1. The van der Waals surface area contributed by atoms with Crippen molar-refractivity contribution in [3.05, 3.63) is 28.0 Å². The number of nitrogens with one attached hydrogen (secondary N) is 1. The highest BCUT2D eigenvalue weighted by molar-refractivity contribution is 6.32. The normalized spacial score (nSPS) is 18.1. The van der Waals surface area contributed by atoms with Gasteiger partial charge in [0.2, 0.25) is 0 Å². The van der Waals surface area contributed by atoms with Crippen LogP contribution >= 0.6 is 11.6 Å². The summed E-state index contributed by atoms with van der Waals surface area (Å²) in [5.74, 6) is -0.675. The Labute approximate surface area is 134 Å². The van der Waals surface area contributed by atoms with E-state index in [1.165, 1.54) is 6.92 Å². The SMILES string of the molecule is Cc1cc(C(F)(F)F)nc(Cl)c1C(=O)NC1CCN(C(=O)O)C1. The van der Waals surface area contributed by atoms with Crippen LogP contribution < -0.4 is 5.32 Å². The van der Waals surface area contributed by atoms with E-state index in [9.17, 15) is 22.8 Å². The number of halogens is 4. The Morgan fingerprint density at radius 2 is 2.13 bits per heavy atom. The molecule has 1 fully saturated rings. The summed E-state index contributed by atoms with van der Waals surface area (Å²) in [7, 11) is 0. The minimum Gasteiger partial charge on any atom is -0.465 e. The van der Waals surface area contributed by atoms with Crippen LogP contribution in [-0.2, 0) is 6.18 Å². The zero-order valence-electron chi connectivity index (χ0n) is 11.9. The maximum atomic E-state index is 12.6. The molecule has 1 aromatic heterocycles. The number of amides is 2. The van der Waals surface area contributed by atoms with E-state index in [1.807, 2.05) is 0 Å². The molecule has 1 aliphatic rings. The molecule has 1 aromatic rings. The number of rotatable bonds is 2. The van der Waals surface area contributed by atoms with Crippen LogP contribution in [0.4, 0.5) is 18.0 Å². The number of likely N-dealkylation sites (tertiary alicyclic amines) is 1. The Morgan fingerprint density at radius 3 is 2.61 bits per heavy atom. The van der Waals surface area contributed by atoms with Gasteiger partial charge in [-0.05, 0) is 25.0 Å². The number of hydrogen-bond donors (Lipinski definition) is 2. The number of alkyl halides is 3. The highest BCUT2D eigenvalue weighted by Crippen LogP contribution is 2.31. The molecule has 1 unspecified atom stereocenters. The van der Waals surface area contributed by atoms with Gasteiger partial charge in [0.05, 0.1) is 5.56 Å². The van der Waals surface area contributed by atoms with Gasteiger partial charge < -0.3 is 15.3 Å². The Bertz CT molecular complexity index is 628. The molecule has 0 spiro atoms. The first-order chi connectivity index (χ1) is 10.6. The van der Waals surface area contributed by atoms with Crippen molar-refractivity contribution in [3.63, 3.8) is 0 Å². The second kappa shape index (κ2) is 6.23. The van der Waals surface area contributed by atoms with Gasteiger partial charge in [-0.15, -0.1) is 0 Å². The Balaban J connectivity index is 2.16. The maximum absolute atomic E-state index is 12.6. The first kappa shape index (κ1) is 17.3. The van der Waals surface area contributed by atoms with Crippen LogP contribution in [0.3, 0.4) is 0 Å². The minimum absolute atomic E-state index is 0.0444. The number of aromatic nitrogens is 1. The van der Waals surface area contributed by atoms with Crippen molar-refractivity contribution in [2.24, 2.45) is 0 Å². The van der Waals surface area contributed by atoms with Gasteiger partial charge in [0.25, 0.3) is 5.91 Å². The van der Waals surface area contributed by atoms with E-state index in [4.69, 9.17) is 16.7 Å². The van der Waals surface area contributed by atoms with Crippen LogP contribution in [0.2, 0.25) is 5.15 Å². The average molecular weight is 352 g/mol. The van der Waals surface area contributed by atoms with E-state index < -0.39 is 35.1 Å². The van der Waals surface area contributed by atoms with Crippen molar-refractivity contribution >= 4 is 23.6 Å². The second-order valence-electron chi connectivity index (χ2n) is 5.18. The molecule has 2 rings (SSSR count). The van der Waals surface area contributed by atoms with Gasteiger partial charge in [-0.2, -0.15) is 13.2 Å². The fourth-order valence-corrected chi connectivity index (χ4v) is 2.69. The molecule has 0 radical (unpaired) electrons. The number of aryl methyl sites for hydroxylation is 1. The quantitative estimate of drug-likeness (QED) is 0.802. The van der Waals surface area contributed by atoms with Crippen molar-refractivity contribution < 1.29 is 27.9 Å². The molecule has 0 aliphatic carbocycles. The lowest BCUT2D eigenvalue weighted by molar-refractivity contribution is -0.141. The van der Waals surface area contributed by atoms with Crippen LogP contribution in [0.1, 0.15) is 28.0 Å². The smallest absolute Gasteiger partial charge is 0.433 e. The van der Waals surface area contributed by atoms with Crippen LogP contribution in [0, 0.1) is 6.92 Å². The molecule has 0 saturated carbocycles. The molecule has 10 heteroatoms. The van der Waals surface area contributed by atoms with Crippen molar-refractivity contribution in [1.29, 1.82) is 0 Å². The molecule has 2 amide bonds. The number of nitrogens with zero attached hydrogens (tertiary/aromatic N) is 2. The molecular formula is C13H13ClF3N3O3. The van der Waals surface area contributed by atoms with Gasteiger partial charge in [0, 0.05) is 19.1 Å². The molecule has 1 aliphatic heterocycles. The number of carboxylic acid groups (broad SMARTS) is 1. The average Bonchev–Trinajstić information content (AvgIpc) is 2.85. The van der Waals surface area contributed by atoms with Crippen LogP contribution in [-0.4, -0.2) is 46.1 Å². The van der Waals surface area contributed by atoms with E-state index in [1.54, 1.807) is 0 Å². The summed E-state index contributed by atoms with van der Waals surface area (Å²) < 4.78 is 37.9. The number of hydrogen-bond acceptors (Lipinski definition) is 3. The number of carbonyl (C=O) groups excluding carboxylic acids is 1. The molecule has 1 atom stereocenters. The Hall–Kier alpha value is -2.03. The Kier molecular flexibility index (Phi) is 4.69. The molecule has 6 nitrogen and oxygen atoms in total. The predicted molar refractivity (Wildman–Crippen MR) is 74.5 cm³/mol. The summed E-state index contributed by atoms with van der Waals surface area (Å²) >= 11 is 5.72. The lowest BCUT2D eigenvalue weighted by Crippen LogP contribution is -2.38.